The molecule has 1 aromatic carbocycles. The first-order valence-electron chi connectivity index (χ1n) is 5.39. The van der Waals surface area contributed by atoms with Crippen LogP contribution in [0.1, 0.15) is 5.69 Å². The normalized spacial score (nSPS) is 10.1. The lowest BCUT2D eigenvalue weighted by molar-refractivity contribution is -0.385. The fraction of sp³-hybridized carbons (Fsp3) is 0. The van der Waals surface area contributed by atoms with E-state index in [-0.39, 0.29) is 22.3 Å². The van der Waals surface area contributed by atoms with Crippen molar-refractivity contribution in [1.82, 2.24) is 4.98 Å². The summed E-state index contributed by atoms with van der Waals surface area (Å²) in [7, 11) is 0. The molecule has 3 N–H and O–H groups in total. The molecule has 1 aromatic heterocycles. The van der Waals surface area contributed by atoms with Crippen LogP contribution in [0.25, 0.3) is 0 Å². The van der Waals surface area contributed by atoms with Crippen LogP contribution in [-0.4, -0.2) is 15.7 Å². The second-order valence-corrected chi connectivity index (χ2v) is 4.20. The van der Waals surface area contributed by atoms with E-state index in [1.54, 1.807) is 0 Å². The van der Waals surface area contributed by atoms with E-state index < -0.39 is 4.92 Å². The summed E-state index contributed by atoms with van der Waals surface area (Å²) in [5.74, 6) is 0.172. The van der Waals surface area contributed by atoms with Crippen molar-refractivity contribution < 1.29 is 9.66 Å². The maximum Gasteiger partial charge on any atom is 0.313 e. The SMILES string of the molecule is N=C(N)c1ccc(Oc2ccc(Cl)cc2[N+](=O)[O-])cn1. The first-order chi connectivity index (χ1) is 9.47. The molecular weight excluding hydrogens is 284 g/mol. The summed E-state index contributed by atoms with van der Waals surface area (Å²) in [5, 5.41) is 18.4. The van der Waals surface area contributed by atoms with Crippen molar-refractivity contribution in [2.45, 2.75) is 0 Å². The smallest absolute Gasteiger partial charge is 0.313 e. The summed E-state index contributed by atoms with van der Waals surface area (Å²) >= 11 is 5.71. The molecule has 0 fully saturated rings. The monoisotopic (exact) mass is 292 g/mol. The van der Waals surface area contributed by atoms with Crippen LogP contribution < -0.4 is 10.5 Å². The first kappa shape index (κ1) is 13.8. The van der Waals surface area contributed by atoms with E-state index in [2.05, 4.69) is 4.98 Å². The molecule has 8 heteroatoms. The summed E-state index contributed by atoms with van der Waals surface area (Å²) in [5.41, 5.74) is 5.32. The molecule has 0 radical (unpaired) electrons. The van der Waals surface area contributed by atoms with Crippen LogP contribution >= 0.6 is 11.6 Å². The summed E-state index contributed by atoms with van der Waals surface area (Å²) in [6.07, 6.45) is 1.33. The van der Waals surface area contributed by atoms with Crippen molar-refractivity contribution in [3.8, 4) is 11.5 Å². The van der Waals surface area contributed by atoms with Crippen molar-refractivity contribution in [2.75, 3.05) is 0 Å². The Bertz CT molecular complexity index is 673. The number of nitro benzene ring substituents is 1. The summed E-state index contributed by atoms with van der Waals surface area (Å²) in [6, 6.07) is 7.09. The van der Waals surface area contributed by atoms with Gasteiger partial charge in [-0.3, -0.25) is 15.5 Å². The average Bonchev–Trinajstić information content (AvgIpc) is 2.41. The number of nitrogens with two attached hydrogens (primary N) is 1. The van der Waals surface area contributed by atoms with Gasteiger partial charge >= 0.3 is 5.69 Å². The standard InChI is InChI=1S/C12H9ClN4O3/c13-7-1-4-11(10(5-7)17(18)19)20-8-2-3-9(12(14)15)16-6-8/h1-6H,(H3,14,15). The molecule has 2 aromatic rings. The Hall–Kier alpha value is -2.67. The second kappa shape index (κ2) is 5.54. The molecule has 20 heavy (non-hydrogen) atoms. The number of benzene rings is 1. The lowest BCUT2D eigenvalue weighted by Gasteiger charge is -2.06. The van der Waals surface area contributed by atoms with Crippen LogP contribution in [0.3, 0.4) is 0 Å². The van der Waals surface area contributed by atoms with Crippen molar-refractivity contribution in [3.05, 3.63) is 57.4 Å². The molecule has 0 unspecified atom stereocenters. The highest BCUT2D eigenvalue weighted by molar-refractivity contribution is 6.30. The number of hydrogen-bond acceptors (Lipinski definition) is 5. The van der Waals surface area contributed by atoms with Crippen LogP contribution in [0, 0.1) is 15.5 Å². The van der Waals surface area contributed by atoms with Crippen LogP contribution in [0.5, 0.6) is 11.5 Å². The number of rotatable bonds is 4. The van der Waals surface area contributed by atoms with E-state index in [0.717, 1.165) is 0 Å². The Morgan fingerprint density at radius 1 is 1.40 bits per heavy atom. The Balaban J connectivity index is 2.30. The molecule has 1 heterocycles. The molecule has 0 aliphatic carbocycles. The molecule has 0 aliphatic rings. The van der Waals surface area contributed by atoms with E-state index >= 15 is 0 Å². The lowest BCUT2D eigenvalue weighted by atomic mass is 10.3. The number of nitrogen functional groups attached to an aromatic ring is 1. The van der Waals surface area contributed by atoms with Crippen molar-refractivity contribution in [3.63, 3.8) is 0 Å². The minimum absolute atomic E-state index is 0.0526. The molecule has 0 saturated carbocycles. The Kier molecular flexibility index (Phi) is 3.81. The molecule has 0 aliphatic heterocycles. The molecule has 0 bridgehead atoms. The minimum atomic E-state index is -0.585. The number of nitrogens with zero attached hydrogens (tertiary/aromatic N) is 2. The quantitative estimate of drug-likeness (QED) is 0.389. The number of nitrogens with one attached hydrogen (secondary N) is 1. The third-order valence-corrected chi connectivity index (χ3v) is 2.59. The van der Waals surface area contributed by atoms with Gasteiger partial charge in [0, 0.05) is 11.1 Å². The van der Waals surface area contributed by atoms with Gasteiger partial charge < -0.3 is 10.5 Å². The molecule has 2 rings (SSSR count). The van der Waals surface area contributed by atoms with Gasteiger partial charge in [0.15, 0.2) is 0 Å². The molecule has 0 atom stereocenters. The number of hydrogen-bond donors (Lipinski definition) is 2. The van der Waals surface area contributed by atoms with Gasteiger partial charge in [0.1, 0.15) is 17.3 Å². The molecule has 0 saturated heterocycles. The third kappa shape index (κ3) is 3.01. The molecule has 7 nitrogen and oxygen atoms in total. The summed E-state index contributed by atoms with van der Waals surface area (Å²) < 4.78 is 5.39. The maximum absolute atomic E-state index is 10.9. The van der Waals surface area contributed by atoms with Crippen LogP contribution in [0.15, 0.2) is 36.5 Å². The lowest BCUT2D eigenvalue weighted by Crippen LogP contribution is -2.12. The Morgan fingerprint density at radius 3 is 2.70 bits per heavy atom. The highest BCUT2D eigenvalue weighted by atomic mass is 35.5. The summed E-state index contributed by atoms with van der Waals surface area (Å²) in [6.45, 7) is 0. The van der Waals surface area contributed by atoms with E-state index in [1.807, 2.05) is 0 Å². The minimum Gasteiger partial charge on any atom is -0.449 e. The third-order valence-electron chi connectivity index (χ3n) is 2.36. The zero-order chi connectivity index (χ0) is 14.7. The van der Waals surface area contributed by atoms with Crippen molar-refractivity contribution >= 4 is 23.1 Å². The predicted octanol–water partition coefficient (Wildman–Crippen LogP) is 2.72. The topological polar surface area (TPSA) is 115 Å². The maximum atomic E-state index is 10.9. The van der Waals surface area contributed by atoms with Crippen molar-refractivity contribution in [1.29, 1.82) is 5.41 Å². The van der Waals surface area contributed by atoms with Crippen LogP contribution in [0.2, 0.25) is 5.02 Å². The van der Waals surface area contributed by atoms with Gasteiger partial charge in [0.05, 0.1) is 11.1 Å². The fourth-order valence-electron chi connectivity index (χ4n) is 1.45. The van der Waals surface area contributed by atoms with Crippen molar-refractivity contribution in [2.24, 2.45) is 5.73 Å². The highest BCUT2D eigenvalue weighted by Crippen LogP contribution is 2.33. The van der Waals surface area contributed by atoms with E-state index in [0.29, 0.717) is 11.4 Å². The summed E-state index contributed by atoms with van der Waals surface area (Å²) in [4.78, 5) is 14.2. The van der Waals surface area contributed by atoms with E-state index in [1.165, 1.54) is 36.5 Å². The number of nitro groups is 1. The Labute approximate surface area is 118 Å². The van der Waals surface area contributed by atoms with Gasteiger partial charge in [-0.2, -0.15) is 0 Å². The first-order valence-corrected chi connectivity index (χ1v) is 5.77. The highest BCUT2D eigenvalue weighted by Gasteiger charge is 2.16. The van der Waals surface area contributed by atoms with Gasteiger partial charge in [-0.25, -0.2) is 4.98 Å². The van der Waals surface area contributed by atoms with Gasteiger partial charge in [-0.15, -0.1) is 0 Å². The van der Waals surface area contributed by atoms with Gasteiger partial charge in [0.2, 0.25) is 5.75 Å². The van der Waals surface area contributed by atoms with E-state index in [4.69, 9.17) is 27.5 Å². The average molecular weight is 293 g/mol. The van der Waals surface area contributed by atoms with Gasteiger partial charge in [0.25, 0.3) is 0 Å². The van der Waals surface area contributed by atoms with Gasteiger partial charge in [-0.1, -0.05) is 11.6 Å². The molecule has 102 valence electrons. The van der Waals surface area contributed by atoms with E-state index in [9.17, 15) is 10.1 Å². The van der Waals surface area contributed by atoms with Gasteiger partial charge in [-0.05, 0) is 24.3 Å². The number of amidine groups is 1. The van der Waals surface area contributed by atoms with Crippen LogP contribution in [0.4, 0.5) is 5.69 Å². The number of pyridine rings is 1. The largest absolute Gasteiger partial charge is 0.449 e. The predicted molar refractivity (Wildman–Crippen MR) is 73.4 cm³/mol. The molecule has 0 amide bonds. The second-order valence-electron chi connectivity index (χ2n) is 3.76. The molecule has 0 spiro atoms. The number of ether oxygens (including phenoxy) is 1. The zero-order valence-corrected chi connectivity index (χ0v) is 10.8. The number of halogens is 1. The Morgan fingerprint density at radius 2 is 2.15 bits per heavy atom. The zero-order valence-electron chi connectivity index (χ0n) is 10.0. The molecular formula is C12H9ClN4O3. The van der Waals surface area contributed by atoms with Crippen LogP contribution in [-0.2, 0) is 0 Å². The number of aromatic nitrogens is 1. The fourth-order valence-corrected chi connectivity index (χ4v) is 1.61.